The maximum Gasteiger partial charge on any atom is 0.160 e. The number of fused-ring (bicyclic) bond motifs is 1. The SMILES string of the molecule is C=C/C=C\c1c(C)n(-c2ccc(-c3cccc(-c4cc(-c5ccccc5)nc(-c5ccccc5)n4)c3)cc2)c2ccccc12. The summed E-state index contributed by atoms with van der Waals surface area (Å²) >= 11 is 0. The van der Waals surface area contributed by atoms with Crippen LogP contribution in [0, 0.1) is 6.92 Å². The lowest BCUT2D eigenvalue weighted by Gasteiger charge is -2.12. The van der Waals surface area contributed by atoms with E-state index >= 15 is 0 Å². The molecule has 2 aromatic heterocycles. The molecule has 0 N–H and O–H groups in total. The standard InChI is InChI=1S/C41H31N3/c1-3-4-20-36-29(2)44(40-22-12-11-21-37(36)40)35-25-23-30(24-26-35)33-18-13-19-34(27-33)39-28-38(31-14-7-5-8-15-31)42-41(43-39)32-16-9-6-10-17-32/h3-28H,1H2,2H3/b20-4-. The third kappa shape index (κ3) is 5.16. The van der Waals surface area contributed by atoms with Gasteiger partial charge >= 0.3 is 0 Å². The summed E-state index contributed by atoms with van der Waals surface area (Å²) in [4.78, 5) is 9.97. The van der Waals surface area contributed by atoms with E-state index in [0.717, 1.165) is 44.9 Å². The normalized spacial score (nSPS) is 11.3. The Morgan fingerprint density at radius 1 is 0.568 bits per heavy atom. The maximum absolute atomic E-state index is 5.02. The number of hydrogen-bond acceptors (Lipinski definition) is 2. The summed E-state index contributed by atoms with van der Waals surface area (Å²) in [5.41, 5.74) is 11.9. The first-order valence-corrected chi connectivity index (χ1v) is 14.8. The lowest BCUT2D eigenvalue weighted by molar-refractivity contribution is 1.05. The lowest BCUT2D eigenvalue weighted by atomic mass is 10.0. The van der Waals surface area contributed by atoms with Crippen molar-refractivity contribution in [1.82, 2.24) is 14.5 Å². The van der Waals surface area contributed by atoms with Crippen LogP contribution in [0.3, 0.4) is 0 Å². The molecular weight excluding hydrogens is 534 g/mol. The summed E-state index contributed by atoms with van der Waals surface area (Å²) in [5.74, 6) is 0.716. The summed E-state index contributed by atoms with van der Waals surface area (Å²) in [6.07, 6.45) is 5.96. The minimum absolute atomic E-state index is 0.716. The highest BCUT2D eigenvalue weighted by atomic mass is 15.0. The molecule has 0 fully saturated rings. The molecule has 0 radical (unpaired) electrons. The van der Waals surface area contributed by atoms with Crippen molar-refractivity contribution in [3.8, 4) is 50.7 Å². The van der Waals surface area contributed by atoms with Gasteiger partial charge in [0.15, 0.2) is 5.82 Å². The molecule has 0 aliphatic heterocycles. The Morgan fingerprint density at radius 3 is 1.91 bits per heavy atom. The number of nitrogens with zero attached hydrogens (tertiary/aromatic N) is 3. The van der Waals surface area contributed by atoms with E-state index in [2.05, 4.69) is 127 Å². The van der Waals surface area contributed by atoms with Gasteiger partial charge in [0, 0.05) is 39.0 Å². The molecule has 0 bridgehead atoms. The first-order chi connectivity index (χ1) is 21.7. The first-order valence-electron chi connectivity index (χ1n) is 14.8. The second-order valence-electron chi connectivity index (χ2n) is 10.8. The molecule has 7 rings (SSSR count). The molecule has 0 unspecified atom stereocenters. The predicted octanol–water partition coefficient (Wildman–Crippen LogP) is 10.6. The molecule has 0 spiro atoms. The Kier molecular flexibility index (Phi) is 7.27. The summed E-state index contributed by atoms with van der Waals surface area (Å²) in [7, 11) is 0. The van der Waals surface area contributed by atoms with Gasteiger partial charge in [-0.3, -0.25) is 0 Å². The van der Waals surface area contributed by atoms with Crippen molar-refractivity contribution in [1.29, 1.82) is 0 Å². The molecule has 2 heterocycles. The molecule has 44 heavy (non-hydrogen) atoms. The molecule has 0 aliphatic rings. The molecule has 210 valence electrons. The fourth-order valence-electron chi connectivity index (χ4n) is 5.83. The maximum atomic E-state index is 5.02. The highest BCUT2D eigenvalue weighted by molar-refractivity contribution is 5.93. The second-order valence-corrected chi connectivity index (χ2v) is 10.8. The van der Waals surface area contributed by atoms with E-state index in [4.69, 9.17) is 9.97 Å². The summed E-state index contributed by atoms with van der Waals surface area (Å²) in [6, 6.07) is 48.5. The largest absolute Gasteiger partial charge is 0.313 e. The van der Waals surface area contributed by atoms with E-state index < -0.39 is 0 Å². The third-order valence-corrected chi connectivity index (χ3v) is 8.00. The van der Waals surface area contributed by atoms with Crippen LogP contribution in [-0.2, 0) is 0 Å². The molecule has 0 amide bonds. The van der Waals surface area contributed by atoms with E-state index in [1.165, 1.54) is 22.2 Å². The van der Waals surface area contributed by atoms with E-state index in [9.17, 15) is 0 Å². The minimum atomic E-state index is 0.716. The molecule has 3 nitrogen and oxygen atoms in total. The number of para-hydroxylation sites is 1. The van der Waals surface area contributed by atoms with Gasteiger partial charge in [-0.25, -0.2) is 9.97 Å². The van der Waals surface area contributed by atoms with Crippen LogP contribution in [0.25, 0.3) is 67.7 Å². The Bertz CT molecular complexity index is 2060. The number of hydrogen-bond donors (Lipinski definition) is 0. The fraction of sp³-hybridized carbons (Fsp3) is 0.0244. The number of allylic oxidation sites excluding steroid dienone is 2. The van der Waals surface area contributed by atoms with E-state index in [1.54, 1.807) is 0 Å². The molecule has 5 aromatic carbocycles. The van der Waals surface area contributed by atoms with Gasteiger partial charge in [-0.2, -0.15) is 0 Å². The van der Waals surface area contributed by atoms with E-state index in [-0.39, 0.29) is 0 Å². The second kappa shape index (κ2) is 11.8. The van der Waals surface area contributed by atoms with Crippen molar-refractivity contribution < 1.29 is 0 Å². The van der Waals surface area contributed by atoms with Crippen molar-refractivity contribution in [2.24, 2.45) is 0 Å². The predicted molar refractivity (Wildman–Crippen MR) is 185 cm³/mol. The molecule has 0 saturated carbocycles. The molecule has 0 aliphatic carbocycles. The molecule has 3 heteroatoms. The quantitative estimate of drug-likeness (QED) is 0.180. The Hall–Kier alpha value is -5.80. The van der Waals surface area contributed by atoms with Crippen LogP contribution in [0.1, 0.15) is 11.3 Å². The number of benzene rings is 5. The summed E-state index contributed by atoms with van der Waals surface area (Å²) < 4.78 is 2.33. The fourth-order valence-corrected chi connectivity index (χ4v) is 5.83. The molecule has 7 aromatic rings. The average molecular weight is 566 g/mol. The van der Waals surface area contributed by atoms with Gasteiger partial charge in [-0.15, -0.1) is 0 Å². The average Bonchev–Trinajstić information content (AvgIpc) is 3.38. The zero-order valence-electron chi connectivity index (χ0n) is 24.6. The zero-order valence-corrected chi connectivity index (χ0v) is 24.6. The smallest absolute Gasteiger partial charge is 0.160 e. The van der Waals surface area contributed by atoms with Crippen LogP contribution in [0.4, 0.5) is 0 Å². The van der Waals surface area contributed by atoms with Crippen molar-refractivity contribution in [3.63, 3.8) is 0 Å². The van der Waals surface area contributed by atoms with Crippen molar-refractivity contribution in [3.05, 3.63) is 170 Å². The van der Waals surface area contributed by atoms with Crippen LogP contribution < -0.4 is 0 Å². The Morgan fingerprint density at radius 2 is 1.18 bits per heavy atom. The molecule has 0 saturated heterocycles. The van der Waals surface area contributed by atoms with Crippen LogP contribution in [0.15, 0.2) is 158 Å². The van der Waals surface area contributed by atoms with Gasteiger partial charge in [0.25, 0.3) is 0 Å². The first kappa shape index (κ1) is 27.1. The highest BCUT2D eigenvalue weighted by Gasteiger charge is 2.14. The lowest BCUT2D eigenvalue weighted by Crippen LogP contribution is -1.97. The van der Waals surface area contributed by atoms with Crippen molar-refractivity contribution in [2.45, 2.75) is 6.92 Å². The van der Waals surface area contributed by atoms with E-state index in [0.29, 0.717) is 5.82 Å². The van der Waals surface area contributed by atoms with Gasteiger partial charge in [-0.1, -0.05) is 134 Å². The van der Waals surface area contributed by atoms with Crippen LogP contribution in [0.5, 0.6) is 0 Å². The van der Waals surface area contributed by atoms with Crippen molar-refractivity contribution >= 4 is 17.0 Å². The highest BCUT2D eigenvalue weighted by Crippen LogP contribution is 2.33. The topological polar surface area (TPSA) is 30.7 Å². The van der Waals surface area contributed by atoms with Crippen LogP contribution in [0.2, 0.25) is 0 Å². The number of rotatable bonds is 7. The Labute approximate surface area is 258 Å². The molecular formula is C41H31N3. The van der Waals surface area contributed by atoms with E-state index in [1.807, 2.05) is 48.6 Å². The van der Waals surface area contributed by atoms with Gasteiger partial charge in [0.1, 0.15) is 0 Å². The van der Waals surface area contributed by atoms with Crippen molar-refractivity contribution in [2.75, 3.05) is 0 Å². The monoisotopic (exact) mass is 565 g/mol. The molecule has 0 atom stereocenters. The van der Waals surface area contributed by atoms with Gasteiger partial charge in [-0.05, 0) is 48.4 Å². The van der Waals surface area contributed by atoms with Gasteiger partial charge in [0.2, 0.25) is 0 Å². The Balaban J connectivity index is 1.28. The van der Waals surface area contributed by atoms with Gasteiger partial charge in [0.05, 0.1) is 16.9 Å². The van der Waals surface area contributed by atoms with Crippen LogP contribution in [-0.4, -0.2) is 14.5 Å². The zero-order chi connectivity index (χ0) is 29.9. The third-order valence-electron chi connectivity index (χ3n) is 8.00. The summed E-state index contributed by atoms with van der Waals surface area (Å²) in [5, 5.41) is 1.23. The summed E-state index contributed by atoms with van der Waals surface area (Å²) in [6.45, 7) is 6.03. The van der Waals surface area contributed by atoms with Crippen LogP contribution >= 0.6 is 0 Å². The minimum Gasteiger partial charge on any atom is -0.313 e. The van der Waals surface area contributed by atoms with Gasteiger partial charge < -0.3 is 4.57 Å². The number of aromatic nitrogens is 3.